The van der Waals surface area contributed by atoms with Crippen molar-refractivity contribution in [2.24, 2.45) is 0 Å². The van der Waals surface area contributed by atoms with Crippen LogP contribution in [0.2, 0.25) is 5.02 Å². The van der Waals surface area contributed by atoms with Gasteiger partial charge in [0.05, 0.1) is 0 Å². The summed E-state index contributed by atoms with van der Waals surface area (Å²) in [6.45, 7) is 6.30. The van der Waals surface area contributed by atoms with Gasteiger partial charge >= 0.3 is 0 Å². The summed E-state index contributed by atoms with van der Waals surface area (Å²) in [6.07, 6.45) is 0.763. The van der Waals surface area contributed by atoms with E-state index in [1.807, 2.05) is 13.0 Å². The van der Waals surface area contributed by atoms with Crippen LogP contribution in [0, 0.1) is 6.92 Å². The Morgan fingerprint density at radius 3 is 2.63 bits per heavy atom. The van der Waals surface area contributed by atoms with Crippen molar-refractivity contribution in [2.75, 3.05) is 32.8 Å². The monoisotopic (exact) mass is 304 g/mol. The van der Waals surface area contributed by atoms with Crippen LogP contribution < -0.4 is 5.32 Å². The maximum atomic E-state index is 9.28. The van der Waals surface area contributed by atoms with E-state index in [1.165, 1.54) is 5.56 Å². The molecule has 3 nitrogen and oxygen atoms in total. The molecule has 0 aliphatic carbocycles. The number of nitrogens with one attached hydrogen (secondary N) is 1. The second-order valence-corrected chi connectivity index (χ2v) is 5.23. The fourth-order valence-electron chi connectivity index (χ4n) is 2.49. The van der Waals surface area contributed by atoms with E-state index in [1.54, 1.807) is 0 Å². The highest BCUT2D eigenvalue weighted by Crippen LogP contribution is 2.28. The highest BCUT2D eigenvalue weighted by molar-refractivity contribution is 6.31. The van der Waals surface area contributed by atoms with Crippen molar-refractivity contribution in [1.82, 2.24) is 10.2 Å². The quantitative estimate of drug-likeness (QED) is 0.896. The van der Waals surface area contributed by atoms with Gasteiger partial charge in [-0.05, 0) is 30.5 Å². The summed E-state index contributed by atoms with van der Waals surface area (Å²) in [4.78, 5) is 2.42. The van der Waals surface area contributed by atoms with E-state index in [4.69, 9.17) is 11.6 Å². The molecule has 0 amide bonds. The van der Waals surface area contributed by atoms with Gasteiger partial charge in [0.25, 0.3) is 0 Å². The van der Waals surface area contributed by atoms with Gasteiger partial charge in [-0.25, -0.2) is 0 Å². The van der Waals surface area contributed by atoms with Gasteiger partial charge in [-0.1, -0.05) is 23.7 Å². The Hall–Kier alpha value is -0.320. The largest absolute Gasteiger partial charge is 0.396 e. The standard InChI is InChI=1S/C14H21ClN2O.ClH/c1-11-2-3-12(10-13(11)15)14(4-9-18)17-7-5-16-6-8-17;/h2-3,10,14,16,18H,4-9H2,1H3;1H/t14-;/m1./s1. The zero-order chi connectivity index (χ0) is 13.0. The molecule has 2 rings (SSSR count). The van der Waals surface area contributed by atoms with Crippen LogP contribution >= 0.6 is 24.0 Å². The minimum absolute atomic E-state index is 0. The van der Waals surface area contributed by atoms with E-state index in [9.17, 15) is 5.11 Å². The van der Waals surface area contributed by atoms with Crippen molar-refractivity contribution < 1.29 is 5.11 Å². The highest BCUT2D eigenvalue weighted by Gasteiger charge is 2.21. The molecule has 0 unspecified atom stereocenters. The van der Waals surface area contributed by atoms with Crippen molar-refractivity contribution in [3.8, 4) is 0 Å². The van der Waals surface area contributed by atoms with Crippen LogP contribution in [-0.4, -0.2) is 42.8 Å². The third kappa shape index (κ3) is 4.33. The molecule has 0 spiro atoms. The lowest BCUT2D eigenvalue weighted by molar-refractivity contribution is 0.141. The van der Waals surface area contributed by atoms with Crippen molar-refractivity contribution in [3.05, 3.63) is 34.3 Å². The second kappa shape index (κ2) is 8.08. The van der Waals surface area contributed by atoms with E-state index >= 15 is 0 Å². The third-order valence-corrected chi connectivity index (χ3v) is 3.98. The average Bonchev–Trinajstić information content (AvgIpc) is 2.40. The summed E-state index contributed by atoms with van der Waals surface area (Å²) >= 11 is 6.20. The molecule has 0 saturated carbocycles. The van der Waals surface area contributed by atoms with Gasteiger partial charge in [0, 0.05) is 43.9 Å². The molecular formula is C14H22Cl2N2O. The van der Waals surface area contributed by atoms with Gasteiger partial charge in [-0.2, -0.15) is 0 Å². The lowest BCUT2D eigenvalue weighted by Gasteiger charge is -2.35. The number of benzene rings is 1. The Bertz CT molecular complexity index is 395. The minimum atomic E-state index is 0. The molecule has 0 radical (unpaired) electrons. The number of halogens is 2. The Balaban J connectivity index is 0.00000180. The molecule has 1 saturated heterocycles. The first-order valence-corrected chi connectivity index (χ1v) is 6.92. The number of hydrogen-bond acceptors (Lipinski definition) is 3. The Morgan fingerprint density at radius 2 is 2.05 bits per heavy atom. The van der Waals surface area contributed by atoms with Crippen molar-refractivity contribution in [1.29, 1.82) is 0 Å². The van der Waals surface area contributed by atoms with Crippen LogP contribution in [0.25, 0.3) is 0 Å². The molecular weight excluding hydrogens is 283 g/mol. The molecule has 2 N–H and O–H groups in total. The first-order chi connectivity index (χ1) is 8.72. The van der Waals surface area contributed by atoms with Crippen molar-refractivity contribution >= 4 is 24.0 Å². The molecule has 1 aromatic rings. The Morgan fingerprint density at radius 1 is 1.37 bits per heavy atom. The molecule has 1 aliphatic heterocycles. The fourth-order valence-corrected chi connectivity index (χ4v) is 2.68. The number of aliphatic hydroxyl groups excluding tert-OH is 1. The first kappa shape index (κ1) is 16.7. The summed E-state index contributed by atoms with van der Waals surface area (Å²) in [5.74, 6) is 0. The molecule has 0 aromatic heterocycles. The van der Waals surface area contributed by atoms with Crippen LogP contribution in [0.5, 0.6) is 0 Å². The summed E-state index contributed by atoms with van der Waals surface area (Å²) < 4.78 is 0. The SMILES string of the molecule is Cc1ccc([C@@H](CCO)N2CCNCC2)cc1Cl.Cl. The molecule has 1 atom stereocenters. The van der Waals surface area contributed by atoms with E-state index < -0.39 is 0 Å². The topological polar surface area (TPSA) is 35.5 Å². The zero-order valence-corrected chi connectivity index (χ0v) is 12.8. The average molecular weight is 305 g/mol. The van der Waals surface area contributed by atoms with Crippen LogP contribution in [0.1, 0.15) is 23.6 Å². The van der Waals surface area contributed by atoms with E-state index in [2.05, 4.69) is 22.3 Å². The number of aliphatic hydroxyl groups is 1. The van der Waals surface area contributed by atoms with Crippen LogP contribution in [-0.2, 0) is 0 Å². The molecule has 0 bridgehead atoms. The number of piperazine rings is 1. The maximum absolute atomic E-state index is 9.28. The number of hydrogen-bond donors (Lipinski definition) is 2. The molecule has 108 valence electrons. The first-order valence-electron chi connectivity index (χ1n) is 6.54. The normalized spacial score (nSPS) is 17.8. The second-order valence-electron chi connectivity index (χ2n) is 4.82. The van der Waals surface area contributed by atoms with E-state index in [0.29, 0.717) is 0 Å². The van der Waals surface area contributed by atoms with Gasteiger partial charge < -0.3 is 10.4 Å². The molecule has 1 aromatic carbocycles. The van der Waals surface area contributed by atoms with E-state index in [-0.39, 0.29) is 25.1 Å². The minimum Gasteiger partial charge on any atom is -0.396 e. The summed E-state index contributed by atoms with van der Waals surface area (Å²) in [7, 11) is 0. The highest BCUT2D eigenvalue weighted by atomic mass is 35.5. The van der Waals surface area contributed by atoms with Crippen LogP contribution in [0.15, 0.2) is 18.2 Å². The molecule has 19 heavy (non-hydrogen) atoms. The predicted molar refractivity (Wildman–Crippen MR) is 82.3 cm³/mol. The molecule has 1 aliphatic rings. The van der Waals surface area contributed by atoms with Gasteiger partial charge in [0.15, 0.2) is 0 Å². The van der Waals surface area contributed by atoms with Gasteiger partial charge in [0.1, 0.15) is 0 Å². The summed E-state index contributed by atoms with van der Waals surface area (Å²) in [5.41, 5.74) is 2.31. The number of rotatable bonds is 4. The summed E-state index contributed by atoms with van der Waals surface area (Å²) in [5, 5.41) is 13.4. The van der Waals surface area contributed by atoms with Crippen molar-refractivity contribution in [3.63, 3.8) is 0 Å². The lowest BCUT2D eigenvalue weighted by Crippen LogP contribution is -2.45. The smallest absolute Gasteiger partial charge is 0.0449 e. The predicted octanol–water partition coefficient (Wildman–Crippen LogP) is 2.40. The summed E-state index contributed by atoms with van der Waals surface area (Å²) in [6, 6.07) is 6.50. The van der Waals surface area contributed by atoms with Gasteiger partial charge in [-0.3, -0.25) is 4.90 Å². The van der Waals surface area contributed by atoms with Crippen LogP contribution in [0.4, 0.5) is 0 Å². The number of aryl methyl sites for hydroxylation is 1. The fraction of sp³-hybridized carbons (Fsp3) is 0.571. The molecule has 1 heterocycles. The maximum Gasteiger partial charge on any atom is 0.0449 e. The van der Waals surface area contributed by atoms with Gasteiger partial charge in [-0.15, -0.1) is 12.4 Å². The molecule has 5 heteroatoms. The Kier molecular flexibility index (Phi) is 7.11. The van der Waals surface area contributed by atoms with Crippen LogP contribution in [0.3, 0.4) is 0 Å². The van der Waals surface area contributed by atoms with E-state index in [0.717, 1.165) is 43.2 Å². The zero-order valence-electron chi connectivity index (χ0n) is 11.2. The van der Waals surface area contributed by atoms with Crippen molar-refractivity contribution in [2.45, 2.75) is 19.4 Å². The lowest BCUT2D eigenvalue weighted by atomic mass is 10.0. The van der Waals surface area contributed by atoms with Gasteiger partial charge in [0.2, 0.25) is 0 Å². The Labute approximate surface area is 126 Å². The number of nitrogens with zero attached hydrogens (tertiary/aromatic N) is 1. The molecule has 1 fully saturated rings. The third-order valence-electron chi connectivity index (χ3n) is 3.58.